The van der Waals surface area contributed by atoms with Crippen LogP contribution in [0.15, 0.2) is 0 Å². The van der Waals surface area contributed by atoms with Crippen LogP contribution in [0, 0.1) is 0 Å². The third kappa shape index (κ3) is 2.34. The molecule has 1 aliphatic heterocycles. The molecule has 1 saturated heterocycles. The zero-order valence-corrected chi connectivity index (χ0v) is 8.80. The molecule has 1 N–H and O–H groups in total. The SMILES string of the molecule is O=C1CCCCCC1N1CCNCC1. The Kier molecular flexibility index (Phi) is 3.54. The van der Waals surface area contributed by atoms with E-state index >= 15 is 0 Å². The van der Waals surface area contributed by atoms with Crippen molar-refractivity contribution in [2.75, 3.05) is 26.2 Å². The standard InChI is InChI=1S/C11H20N2O/c14-11-5-3-1-2-4-10(11)13-8-6-12-7-9-13/h10,12H,1-9H2. The van der Waals surface area contributed by atoms with Gasteiger partial charge in [0, 0.05) is 32.6 Å². The second-order valence-corrected chi connectivity index (χ2v) is 4.37. The van der Waals surface area contributed by atoms with Crippen molar-refractivity contribution in [3.63, 3.8) is 0 Å². The second-order valence-electron chi connectivity index (χ2n) is 4.37. The van der Waals surface area contributed by atoms with Gasteiger partial charge in [0.15, 0.2) is 0 Å². The lowest BCUT2D eigenvalue weighted by atomic mass is 10.1. The van der Waals surface area contributed by atoms with Gasteiger partial charge in [-0.1, -0.05) is 12.8 Å². The van der Waals surface area contributed by atoms with Crippen molar-refractivity contribution < 1.29 is 4.79 Å². The predicted molar refractivity (Wildman–Crippen MR) is 56.3 cm³/mol. The summed E-state index contributed by atoms with van der Waals surface area (Å²) in [6.45, 7) is 4.19. The maximum absolute atomic E-state index is 11.9. The van der Waals surface area contributed by atoms with Crippen molar-refractivity contribution >= 4 is 5.78 Å². The van der Waals surface area contributed by atoms with Crippen LogP contribution < -0.4 is 5.32 Å². The van der Waals surface area contributed by atoms with Crippen LogP contribution in [0.2, 0.25) is 0 Å². The first-order valence-electron chi connectivity index (χ1n) is 5.85. The molecule has 1 atom stereocenters. The molecule has 0 aromatic carbocycles. The van der Waals surface area contributed by atoms with Crippen molar-refractivity contribution in [3.05, 3.63) is 0 Å². The molecule has 0 bridgehead atoms. The van der Waals surface area contributed by atoms with E-state index in [-0.39, 0.29) is 6.04 Å². The number of nitrogens with zero attached hydrogens (tertiary/aromatic N) is 1. The lowest BCUT2D eigenvalue weighted by Crippen LogP contribution is -2.50. The molecule has 2 fully saturated rings. The van der Waals surface area contributed by atoms with Crippen molar-refractivity contribution in [2.24, 2.45) is 0 Å². The quantitative estimate of drug-likeness (QED) is 0.629. The molecular weight excluding hydrogens is 176 g/mol. The normalized spacial score (nSPS) is 31.4. The van der Waals surface area contributed by atoms with Gasteiger partial charge in [0.05, 0.1) is 6.04 Å². The lowest BCUT2D eigenvalue weighted by Gasteiger charge is -2.33. The molecule has 0 aromatic heterocycles. The number of hydrogen-bond acceptors (Lipinski definition) is 3. The molecule has 0 radical (unpaired) electrons. The van der Waals surface area contributed by atoms with Gasteiger partial charge in [-0.05, 0) is 12.8 Å². The largest absolute Gasteiger partial charge is 0.314 e. The van der Waals surface area contributed by atoms with Gasteiger partial charge in [-0.2, -0.15) is 0 Å². The number of nitrogens with one attached hydrogen (secondary N) is 1. The van der Waals surface area contributed by atoms with E-state index in [2.05, 4.69) is 10.2 Å². The zero-order valence-electron chi connectivity index (χ0n) is 8.80. The van der Waals surface area contributed by atoms with Gasteiger partial charge in [0.25, 0.3) is 0 Å². The molecule has 1 unspecified atom stereocenters. The Morgan fingerprint density at radius 2 is 1.93 bits per heavy atom. The Bertz CT molecular complexity index is 199. The predicted octanol–water partition coefficient (Wildman–Crippen LogP) is 0.793. The van der Waals surface area contributed by atoms with E-state index in [0.29, 0.717) is 5.78 Å². The van der Waals surface area contributed by atoms with E-state index in [1.807, 2.05) is 0 Å². The van der Waals surface area contributed by atoms with Gasteiger partial charge in [-0.25, -0.2) is 0 Å². The van der Waals surface area contributed by atoms with E-state index in [1.54, 1.807) is 0 Å². The van der Waals surface area contributed by atoms with Crippen LogP contribution in [0.4, 0.5) is 0 Å². The lowest BCUT2D eigenvalue weighted by molar-refractivity contribution is -0.124. The third-order valence-corrected chi connectivity index (χ3v) is 3.36. The summed E-state index contributed by atoms with van der Waals surface area (Å²) in [5.74, 6) is 0.490. The second kappa shape index (κ2) is 4.89. The topological polar surface area (TPSA) is 32.3 Å². The number of Topliss-reactive ketones (excluding diaryl/α,β-unsaturated/α-hetero) is 1. The van der Waals surface area contributed by atoms with Crippen LogP contribution >= 0.6 is 0 Å². The summed E-state index contributed by atoms with van der Waals surface area (Å²) < 4.78 is 0. The average Bonchev–Trinajstić information content (AvgIpc) is 2.44. The van der Waals surface area contributed by atoms with Gasteiger partial charge in [-0.3, -0.25) is 9.69 Å². The third-order valence-electron chi connectivity index (χ3n) is 3.36. The van der Waals surface area contributed by atoms with Crippen molar-refractivity contribution in [1.82, 2.24) is 10.2 Å². The fraction of sp³-hybridized carbons (Fsp3) is 0.909. The molecule has 1 heterocycles. The fourth-order valence-corrected chi connectivity index (χ4v) is 2.52. The highest BCUT2D eigenvalue weighted by atomic mass is 16.1. The van der Waals surface area contributed by atoms with E-state index in [9.17, 15) is 4.79 Å². The first kappa shape index (κ1) is 10.1. The minimum Gasteiger partial charge on any atom is -0.314 e. The van der Waals surface area contributed by atoms with Crippen LogP contribution in [-0.4, -0.2) is 42.9 Å². The van der Waals surface area contributed by atoms with E-state index < -0.39 is 0 Å². The minimum absolute atomic E-state index is 0.250. The summed E-state index contributed by atoms with van der Waals surface area (Å²) in [4.78, 5) is 14.2. The van der Waals surface area contributed by atoms with Crippen LogP contribution in [0.5, 0.6) is 0 Å². The summed E-state index contributed by atoms with van der Waals surface area (Å²) in [5, 5.41) is 3.33. The van der Waals surface area contributed by atoms with Gasteiger partial charge in [0.1, 0.15) is 5.78 Å². The van der Waals surface area contributed by atoms with Crippen molar-refractivity contribution in [2.45, 2.75) is 38.1 Å². The molecule has 3 nitrogen and oxygen atoms in total. The maximum Gasteiger partial charge on any atom is 0.149 e. The van der Waals surface area contributed by atoms with Crippen molar-refractivity contribution in [3.8, 4) is 0 Å². The van der Waals surface area contributed by atoms with Gasteiger partial charge < -0.3 is 5.32 Å². The highest BCUT2D eigenvalue weighted by Crippen LogP contribution is 2.19. The smallest absolute Gasteiger partial charge is 0.149 e. The molecule has 3 heteroatoms. The number of carbonyl (C=O) groups excluding carboxylic acids is 1. The molecule has 2 rings (SSSR count). The Hall–Kier alpha value is -0.410. The Labute approximate surface area is 85.8 Å². The highest BCUT2D eigenvalue weighted by Gasteiger charge is 2.27. The minimum atomic E-state index is 0.250. The van der Waals surface area contributed by atoms with Crippen molar-refractivity contribution in [1.29, 1.82) is 0 Å². The van der Waals surface area contributed by atoms with Gasteiger partial charge >= 0.3 is 0 Å². The fourth-order valence-electron chi connectivity index (χ4n) is 2.52. The first-order valence-corrected chi connectivity index (χ1v) is 5.85. The Balaban J connectivity index is 1.95. The summed E-state index contributed by atoms with van der Waals surface area (Å²) in [6.07, 6.45) is 5.50. The number of piperazine rings is 1. The van der Waals surface area contributed by atoms with Crippen LogP contribution in [0.25, 0.3) is 0 Å². The van der Waals surface area contributed by atoms with Gasteiger partial charge in [-0.15, -0.1) is 0 Å². The molecule has 0 aromatic rings. The van der Waals surface area contributed by atoms with Crippen LogP contribution in [-0.2, 0) is 4.79 Å². The zero-order chi connectivity index (χ0) is 9.80. The molecule has 1 saturated carbocycles. The maximum atomic E-state index is 11.9. The number of rotatable bonds is 1. The Morgan fingerprint density at radius 1 is 1.14 bits per heavy atom. The first-order chi connectivity index (χ1) is 6.88. The number of ketones is 1. The van der Waals surface area contributed by atoms with E-state index in [1.165, 1.54) is 12.8 Å². The molecule has 0 amide bonds. The summed E-state index contributed by atoms with van der Waals surface area (Å²) in [6, 6.07) is 0.250. The highest BCUT2D eigenvalue weighted by molar-refractivity contribution is 5.84. The molecule has 14 heavy (non-hydrogen) atoms. The molecule has 2 aliphatic rings. The average molecular weight is 196 g/mol. The number of carbonyl (C=O) groups is 1. The Morgan fingerprint density at radius 3 is 2.71 bits per heavy atom. The number of hydrogen-bond donors (Lipinski definition) is 1. The monoisotopic (exact) mass is 196 g/mol. The van der Waals surface area contributed by atoms with Crippen LogP contribution in [0.1, 0.15) is 32.1 Å². The van der Waals surface area contributed by atoms with E-state index in [4.69, 9.17) is 0 Å². The molecule has 1 aliphatic carbocycles. The summed E-state index contributed by atoms with van der Waals surface area (Å²) in [7, 11) is 0. The van der Waals surface area contributed by atoms with E-state index in [0.717, 1.165) is 45.4 Å². The molecule has 0 spiro atoms. The summed E-state index contributed by atoms with van der Waals surface area (Å²) >= 11 is 0. The summed E-state index contributed by atoms with van der Waals surface area (Å²) in [5.41, 5.74) is 0. The van der Waals surface area contributed by atoms with Crippen LogP contribution in [0.3, 0.4) is 0 Å². The molecule has 80 valence electrons. The molecular formula is C11H20N2O. The van der Waals surface area contributed by atoms with Gasteiger partial charge in [0.2, 0.25) is 0 Å².